The number of hydrogen-bond donors (Lipinski definition) is 2. The first-order valence-corrected chi connectivity index (χ1v) is 11.4. The number of H-pyrrole nitrogens is 1. The zero-order valence-corrected chi connectivity index (χ0v) is 18.9. The third-order valence-electron chi connectivity index (χ3n) is 7.25. The molecular formula is C25H30N4O3. The number of carbonyl (C=O) groups is 1. The molecule has 7 heteroatoms. The first kappa shape index (κ1) is 21.0. The van der Waals surface area contributed by atoms with Gasteiger partial charge < -0.3 is 19.6 Å². The van der Waals surface area contributed by atoms with Crippen molar-refractivity contribution in [1.29, 1.82) is 0 Å². The molecule has 0 spiro atoms. The van der Waals surface area contributed by atoms with Crippen LogP contribution >= 0.6 is 0 Å². The molecule has 32 heavy (non-hydrogen) atoms. The molecule has 0 saturated carbocycles. The number of fused-ring (bicyclic) bond motifs is 3. The summed E-state index contributed by atoms with van der Waals surface area (Å²) in [7, 11) is 4.32. The number of likely N-dealkylation sites (N-methyl/N-ethyl adjacent to an activating group) is 1. The van der Waals surface area contributed by atoms with Crippen molar-refractivity contribution in [2.75, 3.05) is 27.2 Å². The van der Waals surface area contributed by atoms with E-state index in [1.54, 1.807) is 0 Å². The first-order valence-electron chi connectivity index (χ1n) is 11.4. The average molecular weight is 435 g/mol. The second-order valence-electron chi connectivity index (χ2n) is 9.27. The molecule has 5 rings (SSSR count). The number of benzene rings is 1. The molecular weight excluding hydrogens is 404 g/mol. The summed E-state index contributed by atoms with van der Waals surface area (Å²) in [5.41, 5.74) is 4.24. The molecule has 2 aliphatic heterocycles. The van der Waals surface area contributed by atoms with Gasteiger partial charge in [0.1, 0.15) is 5.56 Å². The molecule has 2 aromatic heterocycles. The lowest BCUT2D eigenvalue weighted by molar-refractivity contribution is 0.0695. The van der Waals surface area contributed by atoms with Gasteiger partial charge in [-0.05, 0) is 68.9 Å². The van der Waals surface area contributed by atoms with Crippen LogP contribution in [0.4, 0.5) is 0 Å². The van der Waals surface area contributed by atoms with E-state index >= 15 is 0 Å². The Hall–Kier alpha value is -2.90. The monoisotopic (exact) mass is 434 g/mol. The summed E-state index contributed by atoms with van der Waals surface area (Å²) in [4.78, 5) is 31.6. The molecule has 3 aromatic rings. The molecule has 0 aliphatic carbocycles. The Morgan fingerprint density at radius 2 is 2.03 bits per heavy atom. The summed E-state index contributed by atoms with van der Waals surface area (Å²) in [6.07, 6.45) is 4.39. The van der Waals surface area contributed by atoms with E-state index in [0.717, 1.165) is 37.1 Å². The lowest BCUT2D eigenvalue weighted by Crippen LogP contribution is -2.34. The van der Waals surface area contributed by atoms with Gasteiger partial charge in [0.15, 0.2) is 0 Å². The van der Waals surface area contributed by atoms with Crippen molar-refractivity contribution in [3.8, 4) is 11.3 Å². The summed E-state index contributed by atoms with van der Waals surface area (Å²) < 4.78 is 2.48. The third-order valence-corrected chi connectivity index (χ3v) is 7.25. The number of aromatic carboxylic acids is 1. The van der Waals surface area contributed by atoms with Gasteiger partial charge in [0.25, 0.3) is 5.56 Å². The van der Waals surface area contributed by atoms with Gasteiger partial charge >= 0.3 is 5.97 Å². The number of pyridine rings is 1. The highest BCUT2D eigenvalue weighted by Crippen LogP contribution is 2.38. The Bertz CT molecular complexity index is 1260. The Morgan fingerprint density at radius 3 is 2.72 bits per heavy atom. The van der Waals surface area contributed by atoms with Gasteiger partial charge in [-0.3, -0.25) is 9.69 Å². The fourth-order valence-corrected chi connectivity index (χ4v) is 5.46. The molecule has 2 N–H and O–H groups in total. The van der Waals surface area contributed by atoms with Gasteiger partial charge in [0.2, 0.25) is 0 Å². The van der Waals surface area contributed by atoms with Crippen molar-refractivity contribution in [1.82, 2.24) is 19.4 Å². The molecule has 1 aromatic carbocycles. The van der Waals surface area contributed by atoms with Gasteiger partial charge in [-0.2, -0.15) is 0 Å². The Labute approximate surface area is 187 Å². The zero-order chi connectivity index (χ0) is 22.6. The number of carboxylic acid groups (broad SMARTS) is 1. The van der Waals surface area contributed by atoms with Crippen molar-refractivity contribution < 1.29 is 9.90 Å². The van der Waals surface area contributed by atoms with Gasteiger partial charge in [0, 0.05) is 30.4 Å². The van der Waals surface area contributed by atoms with E-state index in [2.05, 4.69) is 51.6 Å². The number of aryl methyl sites for hydroxylation is 2. The van der Waals surface area contributed by atoms with E-state index in [4.69, 9.17) is 0 Å². The van der Waals surface area contributed by atoms with Crippen LogP contribution in [0.25, 0.3) is 22.2 Å². The van der Waals surface area contributed by atoms with Gasteiger partial charge in [-0.15, -0.1) is 0 Å². The number of nitrogens with zero attached hydrogens (tertiary/aromatic N) is 3. The van der Waals surface area contributed by atoms with Crippen LogP contribution in [-0.4, -0.2) is 63.7 Å². The molecule has 168 valence electrons. The van der Waals surface area contributed by atoms with Crippen molar-refractivity contribution in [2.45, 2.75) is 44.8 Å². The van der Waals surface area contributed by atoms with Crippen LogP contribution in [0, 0.1) is 0 Å². The summed E-state index contributed by atoms with van der Waals surface area (Å²) in [6.45, 7) is 4.16. The van der Waals surface area contributed by atoms with E-state index in [1.807, 2.05) is 13.0 Å². The van der Waals surface area contributed by atoms with E-state index in [0.29, 0.717) is 24.3 Å². The fourth-order valence-electron chi connectivity index (χ4n) is 5.46. The molecule has 1 saturated heterocycles. The van der Waals surface area contributed by atoms with Crippen LogP contribution in [-0.2, 0) is 12.8 Å². The van der Waals surface area contributed by atoms with Crippen LogP contribution in [0.2, 0.25) is 0 Å². The average Bonchev–Trinajstić information content (AvgIpc) is 3.48. The van der Waals surface area contributed by atoms with E-state index < -0.39 is 11.5 Å². The van der Waals surface area contributed by atoms with Crippen molar-refractivity contribution in [3.63, 3.8) is 0 Å². The predicted molar refractivity (Wildman–Crippen MR) is 125 cm³/mol. The fraction of sp³-hybridized carbons (Fsp3) is 0.440. The van der Waals surface area contributed by atoms with Crippen LogP contribution in [0.15, 0.2) is 35.1 Å². The highest BCUT2D eigenvalue weighted by Gasteiger charge is 2.34. The maximum Gasteiger partial charge on any atom is 0.341 e. The lowest BCUT2D eigenvalue weighted by atomic mass is 10.0. The van der Waals surface area contributed by atoms with Crippen molar-refractivity contribution in [2.24, 2.45) is 0 Å². The van der Waals surface area contributed by atoms with Crippen molar-refractivity contribution in [3.05, 3.63) is 57.5 Å². The highest BCUT2D eigenvalue weighted by molar-refractivity contribution is 5.89. The number of nitrogens with one attached hydrogen (secondary N) is 1. The van der Waals surface area contributed by atoms with E-state index in [9.17, 15) is 14.7 Å². The SMILES string of the molecule is CCc1cc(C(=O)O)c(=O)[nH]c1-c1ccc2cc3n(c2c1)C(N1CCC(N(C)C)C1)CC3. The van der Waals surface area contributed by atoms with Crippen LogP contribution in [0.5, 0.6) is 0 Å². The molecule has 1 fully saturated rings. The normalized spacial score (nSPS) is 21.0. The molecule has 0 radical (unpaired) electrons. The number of hydrogen-bond acceptors (Lipinski definition) is 4. The van der Waals surface area contributed by atoms with Crippen LogP contribution < -0.4 is 5.56 Å². The highest BCUT2D eigenvalue weighted by atomic mass is 16.4. The summed E-state index contributed by atoms with van der Waals surface area (Å²) in [5.74, 6) is -1.20. The number of aromatic nitrogens is 2. The second-order valence-corrected chi connectivity index (χ2v) is 9.27. The molecule has 4 heterocycles. The number of carboxylic acids is 1. The van der Waals surface area contributed by atoms with E-state index in [1.165, 1.54) is 29.1 Å². The second kappa shape index (κ2) is 7.90. The van der Waals surface area contributed by atoms with Crippen LogP contribution in [0.3, 0.4) is 0 Å². The third kappa shape index (κ3) is 3.36. The predicted octanol–water partition coefficient (Wildman–Crippen LogP) is 3.34. The standard InChI is InChI=1S/C25H30N4O3/c1-4-15-12-20(25(31)32)24(30)26-23(15)17-6-5-16-11-18-7-8-22(29(18)21(16)13-17)28-10-9-19(14-28)27(2)3/h5-6,11-13,19,22H,4,7-10,14H2,1-3H3,(H,26,30)(H,31,32). The molecule has 7 nitrogen and oxygen atoms in total. The van der Waals surface area contributed by atoms with Crippen LogP contribution in [0.1, 0.15) is 47.5 Å². The lowest BCUT2D eigenvalue weighted by Gasteiger charge is -2.28. The van der Waals surface area contributed by atoms with E-state index in [-0.39, 0.29) is 5.56 Å². The minimum atomic E-state index is -1.20. The summed E-state index contributed by atoms with van der Waals surface area (Å²) in [6, 6.07) is 10.7. The molecule has 0 bridgehead atoms. The molecule has 2 aliphatic rings. The Kier molecular flexibility index (Phi) is 5.18. The Morgan fingerprint density at radius 1 is 1.22 bits per heavy atom. The van der Waals surface area contributed by atoms with Gasteiger partial charge in [-0.25, -0.2) is 4.79 Å². The number of likely N-dealkylation sites (tertiary alicyclic amines) is 1. The van der Waals surface area contributed by atoms with Gasteiger partial charge in [-0.1, -0.05) is 19.1 Å². The molecule has 2 unspecified atom stereocenters. The Balaban J connectivity index is 1.57. The quantitative estimate of drug-likeness (QED) is 0.644. The van der Waals surface area contributed by atoms with Gasteiger partial charge in [0.05, 0.1) is 17.4 Å². The largest absolute Gasteiger partial charge is 0.477 e. The first-order chi connectivity index (χ1) is 15.4. The van der Waals surface area contributed by atoms with Crippen molar-refractivity contribution >= 4 is 16.9 Å². The minimum Gasteiger partial charge on any atom is -0.477 e. The topological polar surface area (TPSA) is 81.6 Å². The minimum absolute atomic E-state index is 0.209. The number of aromatic amines is 1. The maximum atomic E-state index is 12.4. The zero-order valence-electron chi connectivity index (χ0n) is 18.9. The maximum absolute atomic E-state index is 12.4. The molecule has 0 amide bonds. The number of rotatable bonds is 5. The smallest absolute Gasteiger partial charge is 0.341 e. The molecule has 2 atom stereocenters. The summed E-state index contributed by atoms with van der Waals surface area (Å²) >= 11 is 0. The summed E-state index contributed by atoms with van der Waals surface area (Å²) in [5, 5.41) is 10.5.